The summed E-state index contributed by atoms with van der Waals surface area (Å²) in [5, 5.41) is 12.0. The molecule has 1 saturated heterocycles. The molecular formula is C18H27F2N3O2. The third-order valence-electron chi connectivity index (χ3n) is 4.40. The van der Waals surface area contributed by atoms with Gasteiger partial charge in [-0.1, -0.05) is 19.9 Å². The second-order valence-electron chi connectivity index (χ2n) is 6.90. The highest BCUT2D eigenvalue weighted by atomic mass is 19.1. The Labute approximate surface area is 147 Å². The first-order valence-electron chi connectivity index (χ1n) is 8.72. The van der Waals surface area contributed by atoms with Gasteiger partial charge in [-0.2, -0.15) is 0 Å². The number of nitrogens with one attached hydrogen (secondary N) is 1. The van der Waals surface area contributed by atoms with E-state index in [9.17, 15) is 18.7 Å². The van der Waals surface area contributed by atoms with Crippen molar-refractivity contribution in [1.82, 2.24) is 15.1 Å². The number of carbonyl (C=O) groups excluding carboxylic acids is 1. The number of rotatable bonds is 6. The van der Waals surface area contributed by atoms with Crippen molar-refractivity contribution in [2.45, 2.75) is 32.9 Å². The molecule has 2 amide bonds. The summed E-state index contributed by atoms with van der Waals surface area (Å²) in [5.41, 5.74) is 0.250. The van der Waals surface area contributed by atoms with Crippen molar-refractivity contribution in [3.63, 3.8) is 0 Å². The SMILES string of the molecule is CC(C)CN1CCN(C(=O)NCc2ccc(F)cc2F)C[C@H]1CCO. The van der Waals surface area contributed by atoms with E-state index >= 15 is 0 Å². The number of aliphatic hydroxyl groups is 1. The summed E-state index contributed by atoms with van der Waals surface area (Å²) in [6.45, 7) is 7.19. The molecule has 1 aromatic carbocycles. The lowest BCUT2D eigenvalue weighted by atomic mass is 10.1. The zero-order valence-electron chi connectivity index (χ0n) is 14.8. The standard InChI is InChI=1S/C18H27F2N3O2/c1-13(2)11-22-6-7-23(12-16(22)5-8-24)18(25)21-10-14-3-4-15(19)9-17(14)20/h3-4,9,13,16,24H,5-8,10-12H2,1-2H3,(H,21,25)/t16-/m1/s1. The molecule has 1 heterocycles. The van der Waals surface area contributed by atoms with Crippen LogP contribution in [-0.4, -0.2) is 59.8 Å². The maximum absolute atomic E-state index is 13.6. The maximum atomic E-state index is 13.6. The minimum Gasteiger partial charge on any atom is -0.396 e. The third kappa shape index (κ3) is 5.64. The number of urea groups is 1. The van der Waals surface area contributed by atoms with Gasteiger partial charge in [-0.3, -0.25) is 4.90 Å². The fraction of sp³-hybridized carbons (Fsp3) is 0.611. The van der Waals surface area contributed by atoms with Crippen LogP contribution in [0.15, 0.2) is 18.2 Å². The van der Waals surface area contributed by atoms with E-state index in [1.54, 1.807) is 4.90 Å². The number of halogens is 2. The molecule has 1 aromatic rings. The first kappa shape index (κ1) is 19.6. The molecule has 140 valence electrons. The molecule has 0 radical (unpaired) electrons. The summed E-state index contributed by atoms with van der Waals surface area (Å²) >= 11 is 0. The average Bonchev–Trinajstić information content (AvgIpc) is 2.55. The van der Waals surface area contributed by atoms with Gasteiger partial charge in [0, 0.05) is 57.0 Å². The van der Waals surface area contributed by atoms with E-state index in [-0.39, 0.29) is 30.8 Å². The van der Waals surface area contributed by atoms with Crippen LogP contribution in [0.3, 0.4) is 0 Å². The Morgan fingerprint density at radius 1 is 1.36 bits per heavy atom. The Morgan fingerprint density at radius 3 is 2.76 bits per heavy atom. The third-order valence-corrected chi connectivity index (χ3v) is 4.40. The molecule has 1 fully saturated rings. The number of nitrogens with zero attached hydrogens (tertiary/aromatic N) is 2. The Morgan fingerprint density at radius 2 is 2.12 bits per heavy atom. The molecule has 1 aliphatic rings. The maximum Gasteiger partial charge on any atom is 0.317 e. The van der Waals surface area contributed by atoms with Crippen molar-refractivity contribution in [2.75, 3.05) is 32.8 Å². The number of hydrogen-bond donors (Lipinski definition) is 2. The van der Waals surface area contributed by atoms with Crippen LogP contribution in [0.4, 0.5) is 13.6 Å². The second-order valence-corrected chi connectivity index (χ2v) is 6.90. The summed E-state index contributed by atoms with van der Waals surface area (Å²) < 4.78 is 26.6. The molecule has 1 aliphatic heterocycles. The minimum absolute atomic E-state index is 0.0157. The van der Waals surface area contributed by atoms with Gasteiger partial charge < -0.3 is 15.3 Å². The van der Waals surface area contributed by atoms with Crippen LogP contribution in [0.5, 0.6) is 0 Å². The summed E-state index contributed by atoms with van der Waals surface area (Å²) in [6.07, 6.45) is 0.614. The molecule has 5 nitrogen and oxygen atoms in total. The molecule has 2 N–H and O–H groups in total. The van der Waals surface area contributed by atoms with Crippen LogP contribution in [0, 0.1) is 17.6 Å². The Hall–Kier alpha value is -1.73. The van der Waals surface area contributed by atoms with Crippen molar-refractivity contribution >= 4 is 6.03 Å². The molecule has 0 aromatic heterocycles. The number of piperazine rings is 1. The van der Waals surface area contributed by atoms with Gasteiger partial charge in [-0.05, 0) is 18.4 Å². The van der Waals surface area contributed by atoms with Crippen LogP contribution in [0.1, 0.15) is 25.8 Å². The highest BCUT2D eigenvalue weighted by molar-refractivity contribution is 5.74. The summed E-state index contributed by atoms with van der Waals surface area (Å²) in [5.74, 6) is -0.788. The lowest BCUT2D eigenvalue weighted by Crippen LogP contribution is -2.57. The minimum atomic E-state index is -0.666. The van der Waals surface area contributed by atoms with Crippen molar-refractivity contribution in [1.29, 1.82) is 0 Å². The van der Waals surface area contributed by atoms with Gasteiger partial charge in [0.05, 0.1) is 0 Å². The molecule has 0 aliphatic carbocycles. The predicted octanol–water partition coefficient (Wildman–Crippen LogP) is 2.20. The second kappa shape index (κ2) is 9.10. The quantitative estimate of drug-likeness (QED) is 0.823. The molecule has 2 rings (SSSR count). The summed E-state index contributed by atoms with van der Waals surface area (Å²) in [4.78, 5) is 16.4. The normalized spacial score (nSPS) is 18.6. The van der Waals surface area contributed by atoms with Gasteiger partial charge in [0.2, 0.25) is 0 Å². The zero-order valence-corrected chi connectivity index (χ0v) is 14.8. The molecule has 0 saturated carbocycles. The van der Waals surface area contributed by atoms with Crippen molar-refractivity contribution in [3.8, 4) is 0 Å². The van der Waals surface area contributed by atoms with Crippen LogP contribution < -0.4 is 5.32 Å². The van der Waals surface area contributed by atoms with Gasteiger partial charge in [-0.15, -0.1) is 0 Å². The first-order chi connectivity index (χ1) is 11.9. The number of hydrogen-bond acceptors (Lipinski definition) is 3. The van der Waals surface area contributed by atoms with E-state index in [4.69, 9.17) is 0 Å². The molecule has 25 heavy (non-hydrogen) atoms. The van der Waals surface area contributed by atoms with Crippen LogP contribution in [0.2, 0.25) is 0 Å². The molecular weight excluding hydrogens is 328 g/mol. The highest BCUT2D eigenvalue weighted by Gasteiger charge is 2.29. The van der Waals surface area contributed by atoms with E-state index < -0.39 is 11.6 Å². The predicted molar refractivity (Wildman–Crippen MR) is 92.1 cm³/mol. The first-order valence-corrected chi connectivity index (χ1v) is 8.72. The Kier molecular flexibility index (Phi) is 7.13. The molecule has 1 atom stereocenters. The lowest BCUT2D eigenvalue weighted by molar-refractivity contribution is 0.0654. The number of benzene rings is 1. The summed E-state index contributed by atoms with van der Waals surface area (Å²) in [7, 11) is 0. The monoisotopic (exact) mass is 355 g/mol. The largest absolute Gasteiger partial charge is 0.396 e. The fourth-order valence-corrected chi connectivity index (χ4v) is 3.16. The fourth-order valence-electron chi connectivity index (χ4n) is 3.16. The molecule has 0 bridgehead atoms. The summed E-state index contributed by atoms with van der Waals surface area (Å²) in [6, 6.07) is 3.17. The van der Waals surface area contributed by atoms with Gasteiger partial charge in [0.15, 0.2) is 0 Å². The van der Waals surface area contributed by atoms with Crippen molar-refractivity contribution in [3.05, 3.63) is 35.4 Å². The van der Waals surface area contributed by atoms with Gasteiger partial charge in [-0.25, -0.2) is 13.6 Å². The Balaban J connectivity index is 1.91. The van der Waals surface area contributed by atoms with Crippen LogP contribution >= 0.6 is 0 Å². The molecule has 0 spiro atoms. The molecule has 7 heteroatoms. The van der Waals surface area contributed by atoms with Crippen molar-refractivity contribution in [2.24, 2.45) is 5.92 Å². The van der Waals surface area contributed by atoms with E-state index in [1.807, 2.05) is 0 Å². The topological polar surface area (TPSA) is 55.8 Å². The van der Waals surface area contributed by atoms with E-state index in [1.165, 1.54) is 12.1 Å². The smallest absolute Gasteiger partial charge is 0.317 e. The average molecular weight is 355 g/mol. The lowest BCUT2D eigenvalue weighted by Gasteiger charge is -2.42. The highest BCUT2D eigenvalue weighted by Crippen LogP contribution is 2.15. The molecule has 0 unspecified atom stereocenters. The number of carbonyl (C=O) groups is 1. The zero-order chi connectivity index (χ0) is 18.4. The number of aliphatic hydroxyl groups excluding tert-OH is 1. The van der Waals surface area contributed by atoms with Gasteiger partial charge >= 0.3 is 6.03 Å². The number of amides is 2. The van der Waals surface area contributed by atoms with Gasteiger partial charge in [0.25, 0.3) is 0 Å². The van der Waals surface area contributed by atoms with E-state index in [2.05, 4.69) is 24.1 Å². The van der Waals surface area contributed by atoms with Crippen LogP contribution in [0.25, 0.3) is 0 Å². The van der Waals surface area contributed by atoms with Crippen molar-refractivity contribution < 1.29 is 18.7 Å². The Bertz CT molecular complexity index is 583. The van der Waals surface area contributed by atoms with E-state index in [0.717, 1.165) is 19.2 Å². The van der Waals surface area contributed by atoms with Gasteiger partial charge in [0.1, 0.15) is 11.6 Å². The van der Waals surface area contributed by atoms with Crippen LogP contribution in [-0.2, 0) is 6.54 Å². The van der Waals surface area contributed by atoms with E-state index in [0.29, 0.717) is 25.4 Å².